The summed E-state index contributed by atoms with van der Waals surface area (Å²) in [7, 11) is 3.29. The molecule has 0 unspecified atom stereocenters. The molecule has 1 saturated heterocycles. The van der Waals surface area contributed by atoms with E-state index in [-0.39, 0.29) is 24.0 Å². The van der Waals surface area contributed by atoms with Gasteiger partial charge in [0, 0.05) is 33.6 Å². The molecule has 1 rings (SSSR count). The van der Waals surface area contributed by atoms with Crippen LogP contribution in [0.3, 0.4) is 0 Å². The Kier molecular flexibility index (Phi) is 5.37. The van der Waals surface area contributed by atoms with Crippen molar-refractivity contribution in [1.82, 2.24) is 15.5 Å². The molecule has 98 valence electrons. The van der Waals surface area contributed by atoms with Crippen LogP contribution in [0.5, 0.6) is 0 Å². The Morgan fingerprint density at radius 2 is 2.24 bits per heavy atom. The molecule has 0 radical (unpaired) electrons. The highest BCUT2D eigenvalue weighted by molar-refractivity contribution is 5.83. The maximum atomic E-state index is 12.1. The van der Waals surface area contributed by atoms with Crippen LogP contribution in [0.4, 0.5) is 0 Å². The molecule has 17 heavy (non-hydrogen) atoms. The highest BCUT2D eigenvalue weighted by Crippen LogP contribution is 2.07. The first-order valence-electron chi connectivity index (χ1n) is 5.86. The van der Waals surface area contributed by atoms with Crippen molar-refractivity contribution >= 4 is 11.8 Å². The van der Waals surface area contributed by atoms with Gasteiger partial charge in [0.25, 0.3) is 0 Å². The first kappa shape index (κ1) is 13.9. The van der Waals surface area contributed by atoms with E-state index in [9.17, 15) is 9.59 Å². The summed E-state index contributed by atoms with van der Waals surface area (Å²) in [6, 6.07) is -0.307. The maximum absolute atomic E-state index is 12.1. The number of hydrogen-bond donors (Lipinski definition) is 2. The average molecular weight is 243 g/mol. The van der Waals surface area contributed by atoms with Crippen LogP contribution >= 0.6 is 0 Å². The Morgan fingerprint density at radius 1 is 1.53 bits per heavy atom. The van der Waals surface area contributed by atoms with E-state index in [1.165, 1.54) is 0 Å². The predicted molar refractivity (Wildman–Crippen MR) is 63.5 cm³/mol. The second-order valence-electron chi connectivity index (χ2n) is 4.19. The highest BCUT2D eigenvalue weighted by Gasteiger charge is 2.30. The van der Waals surface area contributed by atoms with Gasteiger partial charge in [-0.05, 0) is 6.92 Å². The number of morpholine rings is 1. The van der Waals surface area contributed by atoms with Crippen molar-refractivity contribution in [3.8, 4) is 0 Å². The van der Waals surface area contributed by atoms with E-state index in [1.54, 1.807) is 19.0 Å². The SMILES string of the molecule is CNC(=O)CCN(C)C(=O)[C@H]1NCCO[C@@H]1C. The average Bonchev–Trinajstić information content (AvgIpc) is 2.35. The van der Waals surface area contributed by atoms with Crippen molar-refractivity contribution in [2.24, 2.45) is 0 Å². The van der Waals surface area contributed by atoms with Crippen molar-refractivity contribution in [3.05, 3.63) is 0 Å². The summed E-state index contributed by atoms with van der Waals surface area (Å²) < 4.78 is 5.42. The first-order chi connectivity index (χ1) is 8.06. The van der Waals surface area contributed by atoms with Crippen LogP contribution < -0.4 is 10.6 Å². The zero-order valence-corrected chi connectivity index (χ0v) is 10.7. The molecule has 0 spiro atoms. The van der Waals surface area contributed by atoms with Crippen LogP contribution in [0.15, 0.2) is 0 Å². The fraction of sp³-hybridized carbons (Fsp3) is 0.818. The molecule has 2 N–H and O–H groups in total. The Bertz CT molecular complexity index is 283. The quantitative estimate of drug-likeness (QED) is 0.661. The smallest absolute Gasteiger partial charge is 0.242 e. The normalized spacial score (nSPS) is 24.2. The third-order valence-corrected chi connectivity index (χ3v) is 2.91. The summed E-state index contributed by atoms with van der Waals surface area (Å²) in [5, 5.41) is 5.66. The molecule has 2 amide bonds. The van der Waals surface area contributed by atoms with Gasteiger partial charge in [-0.15, -0.1) is 0 Å². The van der Waals surface area contributed by atoms with Gasteiger partial charge in [0.2, 0.25) is 11.8 Å². The highest BCUT2D eigenvalue weighted by atomic mass is 16.5. The minimum absolute atomic E-state index is 0.0268. The van der Waals surface area contributed by atoms with E-state index in [0.29, 0.717) is 26.1 Å². The van der Waals surface area contributed by atoms with Crippen molar-refractivity contribution in [1.29, 1.82) is 0 Å². The molecule has 6 heteroatoms. The molecular formula is C11H21N3O3. The van der Waals surface area contributed by atoms with E-state index in [2.05, 4.69) is 10.6 Å². The summed E-state index contributed by atoms with van der Waals surface area (Å²) in [6.07, 6.45) is 0.194. The minimum Gasteiger partial charge on any atom is -0.375 e. The van der Waals surface area contributed by atoms with E-state index in [4.69, 9.17) is 4.74 Å². The molecule has 0 aromatic heterocycles. The lowest BCUT2D eigenvalue weighted by Gasteiger charge is -2.32. The first-order valence-corrected chi connectivity index (χ1v) is 5.86. The number of ether oxygens (including phenoxy) is 1. The molecule has 0 aromatic carbocycles. The van der Waals surface area contributed by atoms with Gasteiger partial charge in [-0.25, -0.2) is 0 Å². The van der Waals surface area contributed by atoms with Crippen molar-refractivity contribution in [2.45, 2.75) is 25.5 Å². The van der Waals surface area contributed by atoms with Crippen LogP contribution in [0.2, 0.25) is 0 Å². The number of nitrogens with zero attached hydrogens (tertiary/aromatic N) is 1. The van der Waals surface area contributed by atoms with Crippen LogP contribution in [0.1, 0.15) is 13.3 Å². The molecule has 0 saturated carbocycles. The summed E-state index contributed by atoms with van der Waals surface area (Å²) in [5.41, 5.74) is 0. The molecule has 0 bridgehead atoms. The monoisotopic (exact) mass is 243 g/mol. The van der Waals surface area contributed by atoms with Crippen LogP contribution in [-0.4, -0.2) is 62.7 Å². The zero-order chi connectivity index (χ0) is 12.8. The summed E-state index contributed by atoms with van der Waals surface area (Å²) in [4.78, 5) is 24.7. The maximum Gasteiger partial charge on any atom is 0.242 e. The van der Waals surface area contributed by atoms with Gasteiger partial charge in [-0.2, -0.15) is 0 Å². The Morgan fingerprint density at radius 3 is 2.82 bits per heavy atom. The molecule has 6 nitrogen and oxygen atoms in total. The number of likely N-dealkylation sites (N-methyl/N-ethyl adjacent to an activating group) is 1. The molecule has 1 aliphatic heterocycles. The third-order valence-electron chi connectivity index (χ3n) is 2.91. The Labute approximate surface area is 102 Å². The van der Waals surface area contributed by atoms with Crippen molar-refractivity contribution in [2.75, 3.05) is 33.8 Å². The van der Waals surface area contributed by atoms with Crippen LogP contribution in [0, 0.1) is 0 Å². The molecule has 2 atom stereocenters. The number of carbonyl (C=O) groups is 2. The number of carbonyl (C=O) groups excluding carboxylic acids is 2. The summed E-state index contributed by atoms with van der Waals surface area (Å²) in [6.45, 7) is 3.61. The standard InChI is InChI=1S/C11H21N3O3/c1-8-10(13-5-7-17-8)11(16)14(3)6-4-9(15)12-2/h8,10,13H,4-7H2,1-3H3,(H,12,15)/t8-,10+/m1/s1. The third kappa shape index (κ3) is 3.98. The van der Waals surface area contributed by atoms with E-state index >= 15 is 0 Å². The number of amides is 2. The van der Waals surface area contributed by atoms with Gasteiger partial charge in [0.1, 0.15) is 6.04 Å². The van der Waals surface area contributed by atoms with Crippen LogP contribution in [0.25, 0.3) is 0 Å². The lowest BCUT2D eigenvalue weighted by molar-refractivity contribution is -0.138. The van der Waals surface area contributed by atoms with Gasteiger partial charge in [0.05, 0.1) is 12.7 Å². The molecule has 1 heterocycles. The van der Waals surface area contributed by atoms with E-state index < -0.39 is 0 Å². The lowest BCUT2D eigenvalue weighted by atomic mass is 10.1. The van der Waals surface area contributed by atoms with Crippen LogP contribution in [-0.2, 0) is 14.3 Å². The van der Waals surface area contributed by atoms with Gasteiger partial charge >= 0.3 is 0 Å². The predicted octanol–water partition coefficient (Wildman–Crippen LogP) is -1.04. The second kappa shape index (κ2) is 6.56. The van der Waals surface area contributed by atoms with Crippen molar-refractivity contribution in [3.63, 3.8) is 0 Å². The Balaban J connectivity index is 2.42. The number of hydrogen-bond acceptors (Lipinski definition) is 4. The topological polar surface area (TPSA) is 70.7 Å². The Hall–Kier alpha value is -1.14. The molecule has 1 fully saturated rings. The molecule has 0 aromatic rings. The second-order valence-corrected chi connectivity index (χ2v) is 4.19. The fourth-order valence-corrected chi connectivity index (χ4v) is 1.75. The summed E-state index contributed by atoms with van der Waals surface area (Å²) >= 11 is 0. The minimum atomic E-state index is -0.307. The van der Waals surface area contributed by atoms with Gasteiger partial charge < -0.3 is 20.3 Å². The fourth-order valence-electron chi connectivity index (χ4n) is 1.75. The lowest BCUT2D eigenvalue weighted by Crippen LogP contribution is -2.56. The summed E-state index contributed by atoms with van der Waals surface area (Å²) in [5.74, 6) is -0.0911. The number of nitrogens with one attached hydrogen (secondary N) is 2. The molecule has 1 aliphatic rings. The van der Waals surface area contributed by atoms with Gasteiger partial charge in [0.15, 0.2) is 0 Å². The van der Waals surface area contributed by atoms with Gasteiger partial charge in [-0.3, -0.25) is 9.59 Å². The van der Waals surface area contributed by atoms with E-state index in [0.717, 1.165) is 0 Å². The zero-order valence-electron chi connectivity index (χ0n) is 10.7. The van der Waals surface area contributed by atoms with E-state index in [1.807, 2.05) is 6.92 Å². The van der Waals surface area contributed by atoms with Crippen molar-refractivity contribution < 1.29 is 14.3 Å². The molecular weight excluding hydrogens is 222 g/mol. The largest absolute Gasteiger partial charge is 0.375 e. The van der Waals surface area contributed by atoms with Gasteiger partial charge in [-0.1, -0.05) is 0 Å². The molecule has 0 aliphatic carbocycles. The number of rotatable bonds is 4.